The third kappa shape index (κ3) is 2.43. The van der Waals surface area contributed by atoms with Crippen LogP contribution in [0.2, 0.25) is 0 Å². The van der Waals surface area contributed by atoms with Crippen molar-refractivity contribution < 1.29 is 9.59 Å². The first-order valence-corrected chi connectivity index (χ1v) is 10.4. The van der Waals surface area contributed by atoms with Crippen molar-refractivity contribution in [1.82, 2.24) is 0 Å². The lowest BCUT2D eigenvalue weighted by Gasteiger charge is -2.57. The zero-order valence-electron chi connectivity index (χ0n) is 16.0. The number of hydrogen-bond donors (Lipinski definition) is 0. The van der Waals surface area contributed by atoms with Crippen LogP contribution < -0.4 is 0 Å². The quantitative estimate of drug-likeness (QED) is 0.700. The first-order valence-electron chi connectivity index (χ1n) is 10.4. The summed E-state index contributed by atoms with van der Waals surface area (Å²) in [6, 6.07) is 0. The van der Waals surface area contributed by atoms with Crippen LogP contribution in [0.3, 0.4) is 0 Å². The predicted molar refractivity (Wildman–Crippen MR) is 100 cm³/mol. The van der Waals surface area contributed by atoms with Crippen molar-refractivity contribution in [3.63, 3.8) is 0 Å². The Kier molecular flexibility index (Phi) is 4.09. The van der Waals surface area contributed by atoms with E-state index in [2.05, 4.69) is 26.8 Å². The summed E-state index contributed by atoms with van der Waals surface area (Å²) in [5.41, 5.74) is 1.37. The lowest BCUT2D eigenvalue weighted by atomic mass is 9.46. The van der Waals surface area contributed by atoms with Crippen LogP contribution in [0.1, 0.15) is 72.1 Å². The van der Waals surface area contributed by atoms with Gasteiger partial charge in [0.25, 0.3) is 0 Å². The minimum Gasteiger partial charge on any atom is -0.299 e. The van der Waals surface area contributed by atoms with Crippen LogP contribution in [0.25, 0.3) is 0 Å². The second-order valence-corrected chi connectivity index (χ2v) is 9.49. The van der Waals surface area contributed by atoms with Crippen molar-refractivity contribution in [1.29, 1.82) is 0 Å². The predicted octanol–water partition coefficient (Wildman–Crippen LogP) is 5.28. The molecule has 2 heteroatoms. The molecule has 0 aliphatic heterocycles. The maximum absolute atomic E-state index is 12.6. The van der Waals surface area contributed by atoms with Crippen molar-refractivity contribution in [2.75, 3.05) is 0 Å². The van der Waals surface area contributed by atoms with Crippen molar-refractivity contribution in [2.24, 2.45) is 34.5 Å². The average molecular weight is 341 g/mol. The fraction of sp³-hybridized carbons (Fsp3) is 0.739. The largest absolute Gasteiger partial charge is 0.299 e. The van der Waals surface area contributed by atoms with Gasteiger partial charge in [-0.15, -0.1) is 0 Å². The van der Waals surface area contributed by atoms with Gasteiger partial charge in [0.1, 0.15) is 5.78 Å². The summed E-state index contributed by atoms with van der Waals surface area (Å²) in [5, 5.41) is 0. The summed E-state index contributed by atoms with van der Waals surface area (Å²) < 4.78 is 0. The van der Waals surface area contributed by atoms with Crippen LogP contribution in [-0.4, -0.2) is 11.6 Å². The summed E-state index contributed by atoms with van der Waals surface area (Å²) >= 11 is 0. The average Bonchev–Trinajstić information content (AvgIpc) is 2.89. The summed E-state index contributed by atoms with van der Waals surface area (Å²) in [5.74, 6) is 3.02. The molecule has 0 heterocycles. The number of carbonyl (C=O) groups is 2. The first kappa shape index (κ1) is 17.2. The molecule has 4 aliphatic rings. The summed E-state index contributed by atoms with van der Waals surface area (Å²) in [6.45, 7) is 6.87. The number of fused-ring (bicyclic) bond motifs is 5. The number of unbranched alkanes of at least 4 members (excludes halogenated alkanes) is 1. The monoisotopic (exact) mass is 340 g/mol. The molecule has 136 valence electrons. The van der Waals surface area contributed by atoms with E-state index in [1.807, 2.05) is 6.08 Å². The fourth-order valence-electron chi connectivity index (χ4n) is 6.91. The van der Waals surface area contributed by atoms with E-state index in [4.69, 9.17) is 0 Å². The molecule has 0 radical (unpaired) electrons. The Morgan fingerprint density at radius 1 is 1.16 bits per heavy atom. The molecule has 0 aromatic heterocycles. The van der Waals surface area contributed by atoms with E-state index in [0.29, 0.717) is 29.5 Å². The zero-order chi connectivity index (χ0) is 17.8. The van der Waals surface area contributed by atoms with Gasteiger partial charge in [0.15, 0.2) is 5.78 Å². The molecule has 4 aliphatic carbocycles. The Labute approximate surface area is 152 Å². The molecule has 4 rings (SSSR count). The summed E-state index contributed by atoms with van der Waals surface area (Å²) in [4.78, 5) is 24.7. The molecule has 2 nitrogen and oxygen atoms in total. The van der Waals surface area contributed by atoms with Gasteiger partial charge in [0.05, 0.1) is 0 Å². The zero-order valence-corrected chi connectivity index (χ0v) is 16.0. The van der Waals surface area contributed by atoms with Crippen LogP contribution in [0, 0.1) is 34.5 Å². The lowest BCUT2D eigenvalue weighted by molar-refractivity contribution is -0.132. The third-order valence-electron chi connectivity index (χ3n) is 8.33. The molecule has 3 saturated carbocycles. The second-order valence-electron chi connectivity index (χ2n) is 9.49. The van der Waals surface area contributed by atoms with Crippen LogP contribution in [0.15, 0.2) is 23.8 Å². The highest BCUT2D eigenvalue weighted by molar-refractivity contribution is 6.01. The maximum Gasteiger partial charge on any atom is 0.178 e. The van der Waals surface area contributed by atoms with Crippen LogP contribution >= 0.6 is 0 Å². The van der Waals surface area contributed by atoms with Crippen molar-refractivity contribution >= 4 is 11.6 Å². The summed E-state index contributed by atoms with van der Waals surface area (Å²) in [7, 11) is 0. The molecule has 5 unspecified atom stereocenters. The number of carbonyl (C=O) groups excluding carboxylic acids is 2. The Morgan fingerprint density at radius 3 is 2.72 bits per heavy atom. The van der Waals surface area contributed by atoms with Gasteiger partial charge >= 0.3 is 0 Å². The SMILES string of the molecule is CCCC[C@H]1CC2C(CCC3(C)C(=O)CCC23)C2(C)C=CC(=O)C=C12. The van der Waals surface area contributed by atoms with E-state index < -0.39 is 0 Å². The van der Waals surface area contributed by atoms with Crippen LogP contribution in [0.5, 0.6) is 0 Å². The standard InChI is InChI=1S/C23H32O2/c1-4-5-6-15-13-17-18-7-8-21(25)23(18,3)12-10-19(17)22(2)11-9-16(24)14-20(15)22/h9,11,14-15,17-19H,4-8,10,12-13H2,1-3H3/t15-,17?,18?,19?,22?,23?/m0/s1. The highest BCUT2D eigenvalue weighted by Crippen LogP contribution is 2.65. The molecule has 0 aromatic carbocycles. The van der Waals surface area contributed by atoms with E-state index in [9.17, 15) is 9.59 Å². The highest BCUT2D eigenvalue weighted by Gasteiger charge is 2.59. The van der Waals surface area contributed by atoms with E-state index >= 15 is 0 Å². The minimum absolute atomic E-state index is 0.0300. The molecule has 0 saturated heterocycles. The summed E-state index contributed by atoms with van der Waals surface area (Å²) in [6.07, 6.45) is 14.9. The second kappa shape index (κ2) is 5.93. The van der Waals surface area contributed by atoms with E-state index in [0.717, 1.165) is 25.7 Å². The molecule has 0 bridgehead atoms. The van der Waals surface area contributed by atoms with Gasteiger partial charge in [-0.2, -0.15) is 0 Å². The fourth-order valence-corrected chi connectivity index (χ4v) is 6.91. The number of ketones is 2. The van der Waals surface area contributed by atoms with Gasteiger partial charge in [-0.1, -0.05) is 45.3 Å². The van der Waals surface area contributed by atoms with Gasteiger partial charge in [-0.25, -0.2) is 0 Å². The van der Waals surface area contributed by atoms with Crippen LogP contribution in [-0.2, 0) is 9.59 Å². The number of allylic oxidation sites excluding steroid dienone is 4. The Hall–Kier alpha value is -1.18. The number of hydrogen-bond acceptors (Lipinski definition) is 2. The maximum atomic E-state index is 12.6. The smallest absolute Gasteiger partial charge is 0.178 e. The highest BCUT2D eigenvalue weighted by atomic mass is 16.1. The van der Waals surface area contributed by atoms with Gasteiger partial charge in [0, 0.05) is 17.3 Å². The van der Waals surface area contributed by atoms with Gasteiger partial charge < -0.3 is 0 Å². The van der Waals surface area contributed by atoms with Gasteiger partial charge in [-0.3, -0.25) is 9.59 Å². The van der Waals surface area contributed by atoms with E-state index in [-0.39, 0.29) is 16.6 Å². The molecule has 3 fully saturated rings. The minimum atomic E-state index is -0.0672. The third-order valence-corrected chi connectivity index (χ3v) is 8.33. The van der Waals surface area contributed by atoms with Crippen molar-refractivity contribution in [3.8, 4) is 0 Å². The molecule has 0 spiro atoms. The number of Topliss-reactive ketones (excluding diaryl/α,β-unsaturated/α-hetero) is 1. The Balaban J connectivity index is 1.73. The molecular weight excluding hydrogens is 308 g/mol. The van der Waals surface area contributed by atoms with Crippen LogP contribution in [0.4, 0.5) is 0 Å². The Bertz CT molecular complexity index is 657. The van der Waals surface area contributed by atoms with Crippen molar-refractivity contribution in [2.45, 2.75) is 72.1 Å². The van der Waals surface area contributed by atoms with Crippen molar-refractivity contribution in [3.05, 3.63) is 23.8 Å². The lowest BCUT2D eigenvalue weighted by Crippen LogP contribution is -2.51. The molecular formula is C23H32O2. The topological polar surface area (TPSA) is 34.1 Å². The molecule has 0 N–H and O–H groups in total. The van der Waals surface area contributed by atoms with Gasteiger partial charge in [0.2, 0.25) is 0 Å². The number of rotatable bonds is 3. The van der Waals surface area contributed by atoms with E-state index in [1.54, 1.807) is 6.08 Å². The van der Waals surface area contributed by atoms with Gasteiger partial charge in [-0.05, 0) is 67.9 Å². The Morgan fingerprint density at radius 2 is 1.96 bits per heavy atom. The molecule has 0 amide bonds. The first-order chi connectivity index (χ1) is 11.9. The molecule has 0 aromatic rings. The molecule has 25 heavy (non-hydrogen) atoms. The molecule has 6 atom stereocenters. The normalized spacial score (nSPS) is 45.6. The van der Waals surface area contributed by atoms with E-state index in [1.165, 1.54) is 31.3 Å².